The van der Waals surface area contributed by atoms with E-state index in [1.54, 1.807) is 4.90 Å². The summed E-state index contributed by atoms with van der Waals surface area (Å²) in [5.41, 5.74) is 0. The highest BCUT2D eigenvalue weighted by atomic mass is 16.4. The maximum absolute atomic E-state index is 11.9. The molecule has 18 heavy (non-hydrogen) atoms. The third-order valence-electron chi connectivity index (χ3n) is 3.63. The lowest BCUT2D eigenvalue weighted by Gasteiger charge is -2.23. The molecule has 2 aliphatic heterocycles. The second-order valence-electron chi connectivity index (χ2n) is 4.82. The third-order valence-corrected chi connectivity index (χ3v) is 3.63. The zero-order valence-electron chi connectivity index (χ0n) is 10.3. The summed E-state index contributed by atoms with van der Waals surface area (Å²) in [4.78, 5) is 37.4. The van der Waals surface area contributed by atoms with Gasteiger partial charge in [-0.1, -0.05) is 0 Å². The first kappa shape index (κ1) is 12.9. The largest absolute Gasteiger partial charge is 0.480 e. The van der Waals surface area contributed by atoms with Gasteiger partial charge in [0.1, 0.15) is 6.04 Å². The Morgan fingerprint density at radius 3 is 2.67 bits per heavy atom. The summed E-state index contributed by atoms with van der Waals surface area (Å²) >= 11 is 0. The highest BCUT2D eigenvalue weighted by Crippen LogP contribution is 2.19. The van der Waals surface area contributed by atoms with Crippen LogP contribution in [0.3, 0.4) is 0 Å². The summed E-state index contributed by atoms with van der Waals surface area (Å²) < 4.78 is 0. The van der Waals surface area contributed by atoms with Crippen molar-refractivity contribution in [2.24, 2.45) is 0 Å². The molecule has 0 bridgehead atoms. The van der Waals surface area contributed by atoms with E-state index < -0.39 is 12.0 Å². The normalized spacial score (nSPS) is 23.8. The Morgan fingerprint density at radius 1 is 1.28 bits per heavy atom. The lowest BCUT2D eigenvalue weighted by molar-refractivity contribution is -0.148. The van der Waals surface area contributed by atoms with Crippen LogP contribution in [0.2, 0.25) is 0 Å². The van der Waals surface area contributed by atoms with Gasteiger partial charge in [-0.25, -0.2) is 4.79 Å². The van der Waals surface area contributed by atoms with E-state index in [2.05, 4.69) is 0 Å². The number of carboxylic acid groups (broad SMARTS) is 1. The smallest absolute Gasteiger partial charge is 0.326 e. The summed E-state index contributed by atoms with van der Waals surface area (Å²) in [6, 6.07) is -0.674. The molecule has 0 aromatic rings. The van der Waals surface area contributed by atoms with E-state index in [1.165, 1.54) is 4.90 Å². The summed E-state index contributed by atoms with van der Waals surface area (Å²) in [6.07, 6.45) is 2.93. The van der Waals surface area contributed by atoms with Gasteiger partial charge in [-0.15, -0.1) is 0 Å². The average Bonchev–Trinajstić information content (AvgIpc) is 2.94. The van der Waals surface area contributed by atoms with Gasteiger partial charge < -0.3 is 14.9 Å². The van der Waals surface area contributed by atoms with Gasteiger partial charge in [0.25, 0.3) is 0 Å². The van der Waals surface area contributed by atoms with Crippen LogP contribution in [0, 0.1) is 0 Å². The fourth-order valence-corrected chi connectivity index (χ4v) is 2.64. The van der Waals surface area contributed by atoms with Crippen molar-refractivity contribution in [3.63, 3.8) is 0 Å². The molecule has 2 heterocycles. The van der Waals surface area contributed by atoms with Crippen LogP contribution < -0.4 is 0 Å². The number of carbonyl (C=O) groups is 3. The van der Waals surface area contributed by atoms with Crippen LogP contribution >= 0.6 is 0 Å². The summed E-state index contributed by atoms with van der Waals surface area (Å²) in [7, 11) is 0. The molecule has 100 valence electrons. The molecule has 2 aliphatic rings. The molecule has 2 saturated heterocycles. The van der Waals surface area contributed by atoms with Gasteiger partial charge in [0.15, 0.2) is 0 Å². The molecule has 0 radical (unpaired) electrons. The number of carboxylic acids is 1. The Bertz CT molecular complexity index is 369. The minimum atomic E-state index is -0.932. The zero-order valence-corrected chi connectivity index (χ0v) is 10.3. The Balaban J connectivity index is 1.84. The number of rotatable bonds is 4. The van der Waals surface area contributed by atoms with Gasteiger partial charge in [-0.05, 0) is 19.3 Å². The van der Waals surface area contributed by atoms with Crippen LogP contribution in [0.15, 0.2) is 0 Å². The SMILES string of the molecule is O=C(O)C1CCCN1C(=O)CCN1CCCC1=O. The number of carbonyl (C=O) groups excluding carboxylic acids is 2. The number of likely N-dealkylation sites (tertiary alicyclic amines) is 2. The lowest BCUT2D eigenvalue weighted by atomic mass is 10.2. The fraction of sp³-hybridized carbons (Fsp3) is 0.750. The minimum Gasteiger partial charge on any atom is -0.480 e. The predicted molar refractivity (Wildman–Crippen MR) is 62.8 cm³/mol. The first-order valence-corrected chi connectivity index (χ1v) is 6.39. The summed E-state index contributed by atoms with van der Waals surface area (Å²) in [5, 5.41) is 9.00. The van der Waals surface area contributed by atoms with Crippen LogP contribution in [0.25, 0.3) is 0 Å². The van der Waals surface area contributed by atoms with E-state index >= 15 is 0 Å². The number of hydrogen-bond donors (Lipinski definition) is 1. The summed E-state index contributed by atoms with van der Waals surface area (Å²) in [6.45, 7) is 1.65. The molecule has 1 N–H and O–H groups in total. The van der Waals surface area contributed by atoms with Crippen LogP contribution in [0.5, 0.6) is 0 Å². The van der Waals surface area contributed by atoms with Crippen molar-refractivity contribution in [2.45, 2.75) is 38.1 Å². The highest BCUT2D eigenvalue weighted by molar-refractivity contribution is 5.85. The number of nitrogens with zero attached hydrogens (tertiary/aromatic N) is 2. The standard InChI is InChI=1S/C12H18N2O4/c15-10-4-2-6-13(10)8-5-11(16)14-7-1-3-9(14)12(17)18/h9H,1-8H2,(H,17,18). The average molecular weight is 254 g/mol. The van der Waals surface area contributed by atoms with Gasteiger partial charge in [-0.3, -0.25) is 9.59 Å². The van der Waals surface area contributed by atoms with E-state index in [4.69, 9.17) is 5.11 Å². The minimum absolute atomic E-state index is 0.0963. The number of aliphatic carboxylic acids is 1. The van der Waals surface area contributed by atoms with Gasteiger partial charge in [0, 0.05) is 32.5 Å². The van der Waals surface area contributed by atoms with E-state index in [0.717, 1.165) is 12.8 Å². The van der Waals surface area contributed by atoms with Crippen LogP contribution in [0.4, 0.5) is 0 Å². The van der Waals surface area contributed by atoms with Gasteiger partial charge in [0.05, 0.1) is 0 Å². The topological polar surface area (TPSA) is 77.9 Å². The molecular formula is C12H18N2O4. The van der Waals surface area contributed by atoms with Crippen molar-refractivity contribution in [1.82, 2.24) is 9.80 Å². The number of amides is 2. The molecule has 2 rings (SSSR count). The fourth-order valence-electron chi connectivity index (χ4n) is 2.64. The molecule has 6 nitrogen and oxygen atoms in total. The van der Waals surface area contributed by atoms with Crippen molar-refractivity contribution < 1.29 is 19.5 Å². The van der Waals surface area contributed by atoms with E-state index in [0.29, 0.717) is 32.5 Å². The molecule has 0 aromatic carbocycles. The van der Waals surface area contributed by atoms with Gasteiger partial charge in [0.2, 0.25) is 11.8 Å². The van der Waals surface area contributed by atoms with Crippen molar-refractivity contribution in [3.8, 4) is 0 Å². The Hall–Kier alpha value is -1.59. The van der Waals surface area contributed by atoms with E-state index in [1.807, 2.05) is 0 Å². The molecular weight excluding hydrogens is 236 g/mol. The Kier molecular flexibility index (Phi) is 3.84. The first-order chi connectivity index (χ1) is 8.59. The molecule has 2 fully saturated rings. The lowest BCUT2D eigenvalue weighted by Crippen LogP contribution is -2.41. The monoisotopic (exact) mass is 254 g/mol. The maximum atomic E-state index is 11.9. The van der Waals surface area contributed by atoms with E-state index in [9.17, 15) is 14.4 Å². The molecule has 6 heteroatoms. The maximum Gasteiger partial charge on any atom is 0.326 e. The molecule has 1 unspecified atom stereocenters. The third kappa shape index (κ3) is 2.63. The Morgan fingerprint density at radius 2 is 2.06 bits per heavy atom. The molecule has 0 saturated carbocycles. The second kappa shape index (κ2) is 5.37. The second-order valence-corrected chi connectivity index (χ2v) is 4.82. The first-order valence-electron chi connectivity index (χ1n) is 6.39. The van der Waals surface area contributed by atoms with Crippen molar-refractivity contribution in [3.05, 3.63) is 0 Å². The van der Waals surface area contributed by atoms with Gasteiger partial charge in [-0.2, -0.15) is 0 Å². The van der Waals surface area contributed by atoms with Crippen molar-refractivity contribution >= 4 is 17.8 Å². The highest BCUT2D eigenvalue weighted by Gasteiger charge is 2.34. The molecule has 2 amide bonds. The van der Waals surface area contributed by atoms with Crippen LogP contribution in [0.1, 0.15) is 32.1 Å². The van der Waals surface area contributed by atoms with Crippen LogP contribution in [-0.2, 0) is 14.4 Å². The molecule has 0 aromatic heterocycles. The number of hydrogen-bond acceptors (Lipinski definition) is 3. The summed E-state index contributed by atoms with van der Waals surface area (Å²) in [5.74, 6) is -0.989. The van der Waals surface area contributed by atoms with Gasteiger partial charge >= 0.3 is 5.97 Å². The van der Waals surface area contributed by atoms with Crippen molar-refractivity contribution in [1.29, 1.82) is 0 Å². The van der Waals surface area contributed by atoms with Crippen LogP contribution in [-0.4, -0.2) is 58.4 Å². The molecule has 0 aliphatic carbocycles. The molecule has 1 atom stereocenters. The van der Waals surface area contributed by atoms with Crippen molar-refractivity contribution in [2.75, 3.05) is 19.6 Å². The van der Waals surface area contributed by atoms with E-state index in [-0.39, 0.29) is 18.2 Å². The zero-order chi connectivity index (χ0) is 13.1. The predicted octanol–water partition coefficient (Wildman–Crippen LogP) is 0.0745. The quantitative estimate of drug-likeness (QED) is 0.770. The Labute approximate surface area is 106 Å². The molecule has 0 spiro atoms.